The highest BCUT2D eigenvalue weighted by molar-refractivity contribution is 5.72. The average molecular weight is 344 g/mol. The van der Waals surface area contributed by atoms with Crippen LogP contribution in [-0.4, -0.2) is 5.94 Å². The van der Waals surface area contributed by atoms with Crippen LogP contribution in [0.25, 0.3) is 5.57 Å². The van der Waals surface area contributed by atoms with Gasteiger partial charge in [0.25, 0.3) is 0 Å². The number of allylic oxidation sites excluding steroid dienone is 7. The lowest BCUT2D eigenvalue weighted by Gasteiger charge is -2.42. The predicted octanol–water partition coefficient (Wildman–Crippen LogP) is 6.08. The van der Waals surface area contributed by atoms with Crippen molar-refractivity contribution in [3.63, 3.8) is 0 Å². The van der Waals surface area contributed by atoms with Crippen LogP contribution in [0.3, 0.4) is 0 Å². The molecule has 0 radical (unpaired) electrons. The third-order valence-electron chi connectivity index (χ3n) is 6.69. The zero-order valence-corrected chi connectivity index (χ0v) is 16.4. The molecule has 1 atom stereocenters. The van der Waals surface area contributed by atoms with Gasteiger partial charge in [-0.2, -0.15) is 0 Å². The fourth-order valence-corrected chi connectivity index (χ4v) is 4.73. The number of fused-ring (bicyclic) bond motifs is 2. The Balaban J connectivity index is 1.73. The molecule has 0 saturated carbocycles. The maximum Gasteiger partial charge on any atom is 0.128 e. The van der Waals surface area contributed by atoms with E-state index in [9.17, 15) is 4.79 Å². The Morgan fingerprint density at radius 2 is 1.73 bits per heavy atom. The first kappa shape index (κ1) is 17.3. The normalized spacial score (nSPS) is 25.5. The monoisotopic (exact) mass is 344 g/mol. The van der Waals surface area contributed by atoms with E-state index in [-0.39, 0.29) is 10.8 Å². The fraction of sp³-hybridized carbons (Fsp3) is 0.440. The number of hydrogen-bond acceptors (Lipinski definition) is 1. The molecular formula is C25H28O. The standard InChI is InChI=1S/C25H28O/c1-24(2)11-12-25(3,4)23-15-21(9-10-22(23)24)20-8-7-18-13-17(16-26)5-6-19(18)14-20/h5-10,15,19H,11-14H2,1-4H3. The first-order chi connectivity index (χ1) is 12.3. The maximum absolute atomic E-state index is 10.9. The fourth-order valence-electron chi connectivity index (χ4n) is 4.73. The van der Waals surface area contributed by atoms with Gasteiger partial charge in [0.15, 0.2) is 0 Å². The third-order valence-corrected chi connectivity index (χ3v) is 6.69. The van der Waals surface area contributed by atoms with Crippen LogP contribution >= 0.6 is 0 Å². The molecule has 0 N–H and O–H groups in total. The average Bonchev–Trinajstić information content (AvgIpc) is 2.64. The molecular weight excluding hydrogens is 316 g/mol. The zero-order valence-electron chi connectivity index (χ0n) is 16.4. The van der Waals surface area contributed by atoms with Gasteiger partial charge in [-0.1, -0.05) is 75.8 Å². The first-order valence-corrected chi connectivity index (χ1v) is 9.77. The van der Waals surface area contributed by atoms with E-state index in [1.54, 1.807) is 0 Å². The van der Waals surface area contributed by atoms with Crippen LogP contribution in [-0.2, 0) is 15.6 Å². The van der Waals surface area contributed by atoms with Crippen molar-refractivity contribution in [3.05, 3.63) is 70.3 Å². The molecule has 1 aromatic carbocycles. The van der Waals surface area contributed by atoms with Crippen LogP contribution < -0.4 is 0 Å². The van der Waals surface area contributed by atoms with E-state index >= 15 is 0 Å². The highest BCUT2D eigenvalue weighted by atomic mass is 16.1. The summed E-state index contributed by atoms with van der Waals surface area (Å²) in [6.45, 7) is 9.52. The topological polar surface area (TPSA) is 17.1 Å². The molecule has 0 bridgehead atoms. The van der Waals surface area contributed by atoms with E-state index in [2.05, 4.69) is 64.1 Å². The molecule has 134 valence electrons. The highest BCUT2D eigenvalue weighted by Gasteiger charge is 2.37. The Morgan fingerprint density at radius 3 is 2.46 bits per heavy atom. The van der Waals surface area contributed by atoms with Crippen molar-refractivity contribution in [1.82, 2.24) is 0 Å². The molecule has 0 heterocycles. The third kappa shape index (κ3) is 2.85. The quantitative estimate of drug-likeness (QED) is 0.564. The summed E-state index contributed by atoms with van der Waals surface area (Å²) in [4.78, 5) is 10.9. The molecule has 0 aliphatic heterocycles. The molecule has 26 heavy (non-hydrogen) atoms. The minimum Gasteiger partial charge on any atom is -0.233 e. The van der Waals surface area contributed by atoms with Crippen LogP contribution in [0.15, 0.2) is 53.6 Å². The molecule has 0 amide bonds. The van der Waals surface area contributed by atoms with Gasteiger partial charge in [0.1, 0.15) is 5.94 Å². The molecule has 0 saturated heterocycles. The molecule has 0 spiro atoms. The molecule has 1 nitrogen and oxygen atoms in total. The highest BCUT2D eigenvalue weighted by Crippen LogP contribution is 2.47. The summed E-state index contributed by atoms with van der Waals surface area (Å²) < 4.78 is 0. The SMILES string of the molecule is CC1(C)CCC(C)(C)c2cc(C3=CC=C4CC(=C=O)C=CC4C3)ccc21. The maximum atomic E-state index is 10.9. The molecule has 4 rings (SSSR count). The summed E-state index contributed by atoms with van der Waals surface area (Å²) in [5, 5.41) is 0. The van der Waals surface area contributed by atoms with E-state index in [1.807, 2.05) is 12.0 Å². The molecule has 0 aromatic heterocycles. The second kappa shape index (κ2) is 5.96. The van der Waals surface area contributed by atoms with Gasteiger partial charge < -0.3 is 0 Å². The van der Waals surface area contributed by atoms with Crippen molar-refractivity contribution in [2.45, 2.75) is 64.2 Å². The lowest BCUT2D eigenvalue weighted by molar-refractivity contribution is 0.332. The molecule has 3 aliphatic rings. The van der Waals surface area contributed by atoms with Gasteiger partial charge in [-0.25, -0.2) is 4.79 Å². The summed E-state index contributed by atoms with van der Waals surface area (Å²) in [5.41, 5.74) is 8.41. The van der Waals surface area contributed by atoms with Crippen molar-refractivity contribution in [2.24, 2.45) is 5.92 Å². The summed E-state index contributed by atoms with van der Waals surface area (Å²) in [7, 11) is 0. The molecule has 1 unspecified atom stereocenters. The zero-order chi connectivity index (χ0) is 18.5. The lowest BCUT2D eigenvalue weighted by atomic mass is 9.62. The summed E-state index contributed by atoms with van der Waals surface area (Å²) in [6.07, 6.45) is 12.9. The van der Waals surface area contributed by atoms with Crippen LogP contribution in [0, 0.1) is 5.92 Å². The van der Waals surface area contributed by atoms with Crippen molar-refractivity contribution >= 4 is 11.5 Å². The number of rotatable bonds is 1. The van der Waals surface area contributed by atoms with Crippen molar-refractivity contribution in [3.8, 4) is 0 Å². The minimum absolute atomic E-state index is 0.242. The Kier molecular flexibility index (Phi) is 3.97. The Labute approximate surface area is 157 Å². The predicted molar refractivity (Wildman–Crippen MR) is 109 cm³/mol. The number of hydrogen-bond donors (Lipinski definition) is 0. The summed E-state index contributed by atoms with van der Waals surface area (Å²) in [5.74, 6) is 2.47. The van der Waals surface area contributed by atoms with Gasteiger partial charge in [-0.15, -0.1) is 0 Å². The van der Waals surface area contributed by atoms with Gasteiger partial charge >= 0.3 is 0 Å². The van der Waals surface area contributed by atoms with Gasteiger partial charge in [-0.05, 0) is 52.4 Å². The van der Waals surface area contributed by atoms with Crippen LogP contribution in [0.4, 0.5) is 0 Å². The second-order valence-electron chi connectivity index (χ2n) is 9.44. The van der Waals surface area contributed by atoms with Crippen molar-refractivity contribution in [2.75, 3.05) is 0 Å². The van der Waals surface area contributed by atoms with Crippen molar-refractivity contribution in [1.29, 1.82) is 0 Å². The van der Waals surface area contributed by atoms with E-state index < -0.39 is 0 Å². The van der Waals surface area contributed by atoms with Crippen molar-refractivity contribution < 1.29 is 4.79 Å². The molecule has 1 aromatic rings. The van der Waals surface area contributed by atoms with E-state index in [4.69, 9.17) is 0 Å². The van der Waals surface area contributed by atoms with E-state index in [1.165, 1.54) is 40.7 Å². The summed E-state index contributed by atoms with van der Waals surface area (Å²) >= 11 is 0. The second-order valence-corrected chi connectivity index (χ2v) is 9.44. The van der Waals surface area contributed by atoms with Crippen LogP contribution in [0.2, 0.25) is 0 Å². The molecule has 1 heteroatoms. The Hall–Kier alpha value is -2.11. The van der Waals surface area contributed by atoms with E-state index in [0.717, 1.165) is 18.4 Å². The molecule has 0 fully saturated rings. The van der Waals surface area contributed by atoms with Gasteiger partial charge in [0.2, 0.25) is 0 Å². The minimum atomic E-state index is 0.242. The van der Waals surface area contributed by atoms with Gasteiger partial charge in [0.05, 0.1) is 0 Å². The Morgan fingerprint density at radius 1 is 1.00 bits per heavy atom. The van der Waals surface area contributed by atoms with Gasteiger partial charge in [0, 0.05) is 17.9 Å². The first-order valence-electron chi connectivity index (χ1n) is 9.77. The van der Waals surface area contributed by atoms with Gasteiger partial charge in [-0.3, -0.25) is 0 Å². The number of benzene rings is 1. The van der Waals surface area contributed by atoms with Crippen LogP contribution in [0.5, 0.6) is 0 Å². The lowest BCUT2D eigenvalue weighted by Crippen LogP contribution is -2.33. The Bertz CT molecular complexity index is 898. The number of carbonyl (C=O) groups excluding carboxylic acids is 1. The smallest absolute Gasteiger partial charge is 0.128 e. The van der Waals surface area contributed by atoms with Crippen LogP contribution in [0.1, 0.15) is 70.1 Å². The summed E-state index contributed by atoms with van der Waals surface area (Å²) in [6, 6.07) is 7.13. The largest absolute Gasteiger partial charge is 0.233 e. The molecule has 3 aliphatic carbocycles. The van der Waals surface area contributed by atoms with E-state index in [0.29, 0.717) is 5.92 Å².